The largest absolute Gasteiger partial charge is 0.394 e. The first-order chi connectivity index (χ1) is 38.2. The van der Waals surface area contributed by atoms with Crippen molar-refractivity contribution in [2.75, 3.05) is 6.61 Å². The summed E-state index contributed by atoms with van der Waals surface area (Å²) in [5.41, 5.74) is 0. The van der Waals surface area contributed by atoms with Crippen LogP contribution < -0.4 is 5.32 Å². The molecule has 0 aromatic rings. The van der Waals surface area contributed by atoms with E-state index in [2.05, 4.69) is 116 Å². The molecule has 0 bridgehead atoms. The molecule has 0 aliphatic rings. The zero-order valence-electron chi connectivity index (χ0n) is 51.2. The normalized spacial score (nSPS) is 13.5. The molecule has 0 radical (unpaired) electrons. The fraction of sp³-hybridized carbons (Fsp3) is 0.740. The number of carbonyl (C=O) groups is 1. The monoisotopic (exact) mass is 1070 g/mol. The lowest BCUT2D eigenvalue weighted by molar-refractivity contribution is -0.123. The summed E-state index contributed by atoms with van der Waals surface area (Å²) in [6.07, 6.45) is 102. The maximum absolute atomic E-state index is 12.5. The summed E-state index contributed by atoms with van der Waals surface area (Å²) < 4.78 is 0. The van der Waals surface area contributed by atoms with Gasteiger partial charge in [0.25, 0.3) is 0 Å². The van der Waals surface area contributed by atoms with Crippen LogP contribution in [0.3, 0.4) is 0 Å². The van der Waals surface area contributed by atoms with Crippen LogP contribution in [0.2, 0.25) is 0 Å². The molecule has 3 N–H and O–H groups in total. The van der Waals surface area contributed by atoms with Gasteiger partial charge in [0.2, 0.25) is 5.91 Å². The van der Waals surface area contributed by atoms with Gasteiger partial charge in [0.1, 0.15) is 0 Å². The van der Waals surface area contributed by atoms with Crippen molar-refractivity contribution in [1.82, 2.24) is 5.32 Å². The van der Waals surface area contributed by atoms with Crippen LogP contribution >= 0.6 is 0 Å². The Kier molecular flexibility index (Phi) is 64.7. The molecule has 0 saturated heterocycles. The molecule has 0 aromatic heterocycles. The van der Waals surface area contributed by atoms with Crippen LogP contribution in [0.25, 0.3) is 0 Å². The molecule has 1 amide bonds. The zero-order valence-corrected chi connectivity index (χ0v) is 51.2. The van der Waals surface area contributed by atoms with Crippen LogP contribution in [0.1, 0.15) is 328 Å². The average Bonchev–Trinajstić information content (AvgIpc) is 3.43. The van der Waals surface area contributed by atoms with Crippen molar-refractivity contribution in [3.8, 4) is 0 Å². The number of nitrogens with one attached hydrogen (secondary N) is 1. The fourth-order valence-electron chi connectivity index (χ4n) is 9.92. The Morgan fingerprint density at radius 1 is 0.325 bits per heavy atom. The summed E-state index contributed by atoms with van der Waals surface area (Å²) >= 11 is 0. The molecule has 444 valence electrons. The van der Waals surface area contributed by atoms with E-state index < -0.39 is 12.1 Å². The first-order valence-corrected chi connectivity index (χ1v) is 33.6. The Labute approximate surface area is 480 Å². The van der Waals surface area contributed by atoms with Gasteiger partial charge in [-0.25, -0.2) is 0 Å². The number of aliphatic hydroxyl groups excluding tert-OH is 2. The lowest BCUT2D eigenvalue weighted by Gasteiger charge is -2.19. The van der Waals surface area contributed by atoms with Gasteiger partial charge in [0, 0.05) is 6.42 Å². The molecule has 0 saturated carbocycles. The van der Waals surface area contributed by atoms with Gasteiger partial charge < -0.3 is 15.5 Å². The van der Waals surface area contributed by atoms with Gasteiger partial charge in [-0.05, 0) is 96.3 Å². The predicted octanol–water partition coefficient (Wildman–Crippen LogP) is 23.0. The standard InChI is InChI=1S/C73H129NO3/c1-3-5-7-9-11-13-15-17-19-21-23-25-27-29-31-33-35-36-37-38-39-41-43-45-47-49-51-53-55-57-59-61-63-65-67-69-73(77)74-71(70-75)72(76)68-66-64-62-60-58-56-54-52-50-48-46-44-42-40-34-32-30-28-26-24-22-20-18-16-14-12-10-8-6-4-2/h5,7,11,13,17,19,23,25,29,31,35-36,50,52,58,60,66,68,71-72,75-76H,3-4,6,8-10,12,14-16,18,20-22,24,26-28,30,32-34,37-49,51,53-57,59,61-65,67,69-70H2,1-2H3,(H,74,77)/b7-5-,13-11-,19-17-,25-23-,31-29-,36-35-,52-50+,60-58+,68-66+. The molecule has 0 fully saturated rings. The van der Waals surface area contributed by atoms with Crippen molar-refractivity contribution >= 4 is 5.91 Å². The smallest absolute Gasteiger partial charge is 0.220 e. The summed E-state index contributed by atoms with van der Waals surface area (Å²) in [6, 6.07) is -0.653. The zero-order chi connectivity index (χ0) is 55.5. The molecular weight excluding hydrogens is 939 g/mol. The minimum Gasteiger partial charge on any atom is -0.394 e. The SMILES string of the molecule is CC/C=C\C/C=C\C/C=C\C/C=C\C/C=C\C/C=C\CCCCCCCCCCCCCCCCCCC(=O)NC(CO)C(O)/C=C/CC/C=C/CC/C=C/CCCCCCCCCCCCCCCCCCCCCC. The summed E-state index contributed by atoms with van der Waals surface area (Å²) in [6.45, 7) is 4.20. The Balaban J connectivity index is 3.54. The first kappa shape index (κ1) is 74.0. The minimum absolute atomic E-state index is 0.0777. The highest BCUT2D eigenvalue weighted by atomic mass is 16.3. The van der Waals surface area contributed by atoms with Gasteiger partial charge in [-0.2, -0.15) is 0 Å². The third kappa shape index (κ3) is 63.8. The van der Waals surface area contributed by atoms with E-state index in [9.17, 15) is 15.0 Å². The molecule has 0 heterocycles. The van der Waals surface area contributed by atoms with Crippen LogP contribution in [-0.4, -0.2) is 34.9 Å². The average molecular weight is 1070 g/mol. The molecule has 2 atom stereocenters. The van der Waals surface area contributed by atoms with E-state index in [4.69, 9.17) is 0 Å². The number of unbranched alkanes of at least 4 members (excludes halogenated alkanes) is 38. The molecule has 77 heavy (non-hydrogen) atoms. The highest BCUT2D eigenvalue weighted by Crippen LogP contribution is 2.17. The molecule has 2 unspecified atom stereocenters. The number of rotatable bonds is 61. The first-order valence-electron chi connectivity index (χ1n) is 33.6. The molecule has 4 heteroatoms. The number of carbonyl (C=O) groups excluding carboxylic acids is 1. The maximum Gasteiger partial charge on any atom is 0.220 e. The van der Waals surface area contributed by atoms with Crippen molar-refractivity contribution < 1.29 is 15.0 Å². The Morgan fingerprint density at radius 3 is 0.909 bits per heavy atom. The van der Waals surface area contributed by atoms with Crippen molar-refractivity contribution in [2.45, 2.75) is 341 Å². The molecule has 0 aromatic carbocycles. The van der Waals surface area contributed by atoms with E-state index in [1.54, 1.807) is 6.08 Å². The molecule has 0 spiro atoms. The van der Waals surface area contributed by atoms with E-state index in [0.717, 1.165) is 77.0 Å². The minimum atomic E-state index is -0.877. The Bertz CT molecular complexity index is 1440. The van der Waals surface area contributed by atoms with Crippen LogP contribution in [0.5, 0.6) is 0 Å². The third-order valence-corrected chi connectivity index (χ3v) is 15.0. The fourth-order valence-corrected chi connectivity index (χ4v) is 9.92. The second kappa shape index (κ2) is 67.3. The highest BCUT2D eigenvalue weighted by molar-refractivity contribution is 5.76. The second-order valence-electron chi connectivity index (χ2n) is 22.5. The molecule has 0 aliphatic carbocycles. The van der Waals surface area contributed by atoms with Crippen molar-refractivity contribution in [1.29, 1.82) is 0 Å². The molecule has 0 aliphatic heterocycles. The lowest BCUT2D eigenvalue weighted by Crippen LogP contribution is -2.45. The number of aliphatic hydroxyl groups is 2. The number of amides is 1. The summed E-state index contributed by atoms with van der Waals surface area (Å²) in [7, 11) is 0. The number of hydrogen-bond donors (Lipinski definition) is 3. The molecule has 4 nitrogen and oxygen atoms in total. The van der Waals surface area contributed by atoms with Crippen molar-refractivity contribution in [3.05, 3.63) is 109 Å². The van der Waals surface area contributed by atoms with E-state index in [0.29, 0.717) is 6.42 Å². The summed E-state index contributed by atoms with van der Waals surface area (Å²) in [4.78, 5) is 12.5. The van der Waals surface area contributed by atoms with Crippen LogP contribution in [0.4, 0.5) is 0 Å². The van der Waals surface area contributed by atoms with Crippen LogP contribution in [-0.2, 0) is 4.79 Å². The molecular formula is C73H129NO3. The van der Waals surface area contributed by atoms with Gasteiger partial charge in [0.05, 0.1) is 18.8 Å². The van der Waals surface area contributed by atoms with Crippen LogP contribution in [0.15, 0.2) is 109 Å². The second-order valence-corrected chi connectivity index (χ2v) is 22.5. The quantitative estimate of drug-likeness (QED) is 0.0420. The van der Waals surface area contributed by atoms with E-state index in [1.165, 1.54) is 231 Å². The van der Waals surface area contributed by atoms with E-state index >= 15 is 0 Å². The van der Waals surface area contributed by atoms with Gasteiger partial charge in [-0.1, -0.05) is 335 Å². The number of allylic oxidation sites excluding steroid dienone is 17. The van der Waals surface area contributed by atoms with Crippen molar-refractivity contribution in [3.63, 3.8) is 0 Å². The topological polar surface area (TPSA) is 69.6 Å². The van der Waals surface area contributed by atoms with E-state index in [-0.39, 0.29) is 12.5 Å². The van der Waals surface area contributed by atoms with Crippen molar-refractivity contribution in [2.24, 2.45) is 0 Å². The van der Waals surface area contributed by atoms with Gasteiger partial charge in [0.15, 0.2) is 0 Å². The van der Waals surface area contributed by atoms with Gasteiger partial charge in [-0.15, -0.1) is 0 Å². The third-order valence-electron chi connectivity index (χ3n) is 15.0. The summed E-state index contributed by atoms with van der Waals surface area (Å²) in [5.74, 6) is -0.0777. The number of hydrogen-bond acceptors (Lipinski definition) is 3. The van der Waals surface area contributed by atoms with Gasteiger partial charge in [-0.3, -0.25) is 4.79 Å². The predicted molar refractivity (Wildman–Crippen MR) is 345 cm³/mol. The van der Waals surface area contributed by atoms with E-state index in [1.807, 2.05) is 6.08 Å². The molecule has 0 rings (SSSR count). The highest BCUT2D eigenvalue weighted by Gasteiger charge is 2.18. The van der Waals surface area contributed by atoms with Gasteiger partial charge >= 0.3 is 0 Å². The van der Waals surface area contributed by atoms with Crippen LogP contribution in [0, 0.1) is 0 Å². The maximum atomic E-state index is 12.5. The Morgan fingerprint density at radius 2 is 0.584 bits per heavy atom. The Hall–Kier alpha value is -2.95. The lowest BCUT2D eigenvalue weighted by atomic mass is 10.0. The summed E-state index contributed by atoms with van der Waals surface area (Å²) in [5, 5.41) is 23.2.